The summed E-state index contributed by atoms with van der Waals surface area (Å²) in [6, 6.07) is 8.73. The van der Waals surface area contributed by atoms with Crippen molar-refractivity contribution in [1.29, 1.82) is 0 Å². The van der Waals surface area contributed by atoms with Crippen molar-refractivity contribution >= 4 is 0 Å². The number of nitrogens with two attached hydrogens (primary N) is 1. The molecule has 0 saturated carbocycles. The molecule has 0 radical (unpaired) electrons. The fourth-order valence-electron chi connectivity index (χ4n) is 3.01. The lowest BCUT2D eigenvalue weighted by atomic mass is 9.94. The van der Waals surface area contributed by atoms with E-state index in [4.69, 9.17) is 10.5 Å². The van der Waals surface area contributed by atoms with E-state index in [1.807, 2.05) is 0 Å². The Morgan fingerprint density at radius 2 is 2.21 bits per heavy atom. The number of hydrogen-bond donors (Lipinski definition) is 1. The zero-order valence-corrected chi connectivity index (χ0v) is 12.0. The average molecular weight is 262 g/mol. The molecular weight excluding hydrogens is 236 g/mol. The van der Waals surface area contributed by atoms with Gasteiger partial charge in [0.2, 0.25) is 0 Å². The number of piperidine rings is 1. The van der Waals surface area contributed by atoms with Crippen LogP contribution in [0, 0.1) is 5.92 Å². The van der Waals surface area contributed by atoms with Crippen LogP contribution in [0.1, 0.15) is 30.4 Å². The van der Waals surface area contributed by atoms with Gasteiger partial charge < -0.3 is 10.5 Å². The highest BCUT2D eigenvalue weighted by Crippen LogP contribution is 2.21. The largest absolute Gasteiger partial charge is 0.380 e. The zero-order valence-electron chi connectivity index (χ0n) is 12.0. The van der Waals surface area contributed by atoms with Gasteiger partial charge in [-0.3, -0.25) is 4.90 Å². The van der Waals surface area contributed by atoms with Crippen LogP contribution in [0.5, 0.6) is 0 Å². The Hall–Kier alpha value is -0.900. The van der Waals surface area contributed by atoms with Crippen LogP contribution in [0.3, 0.4) is 0 Å². The van der Waals surface area contributed by atoms with Crippen LogP contribution >= 0.6 is 0 Å². The van der Waals surface area contributed by atoms with Gasteiger partial charge in [-0.15, -0.1) is 0 Å². The Bertz CT molecular complexity index is 379. The van der Waals surface area contributed by atoms with E-state index in [0.29, 0.717) is 6.61 Å². The first kappa shape index (κ1) is 14.5. The summed E-state index contributed by atoms with van der Waals surface area (Å²) in [7, 11) is 1.74. The van der Waals surface area contributed by atoms with E-state index in [1.165, 1.54) is 43.5 Å². The molecule has 1 aromatic carbocycles. The highest BCUT2D eigenvalue weighted by Gasteiger charge is 2.19. The van der Waals surface area contributed by atoms with Gasteiger partial charge >= 0.3 is 0 Å². The van der Waals surface area contributed by atoms with E-state index < -0.39 is 0 Å². The second-order valence-corrected chi connectivity index (χ2v) is 5.57. The molecule has 0 amide bonds. The second kappa shape index (κ2) is 7.63. The number of likely N-dealkylation sites (tertiary alicyclic amines) is 1. The Morgan fingerprint density at radius 1 is 1.37 bits per heavy atom. The minimum Gasteiger partial charge on any atom is -0.380 e. The van der Waals surface area contributed by atoms with Crippen LogP contribution < -0.4 is 5.73 Å². The van der Waals surface area contributed by atoms with Crippen molar-refractivity contribution in [1.82, 2.24) is 4.90 Å². The van der Waals surface area contributed by atoms with Gasteiger partial charge in [-0.2, -0.15) is 0 Å². The van der Waals surface area contributed by atoms with Crippen molar-refractivity contribution in [2.75, 3.05) is 26.7 Å². The maximum atomic E-state index is 5.68. The van der Waals surface area contributed by atoms with E-state index in [1.54, 1.807) is 7.11 Å². The lowest BCUT2D eigenvalue weighted by Gasteiger charge is -2.32. The molecule has 1 atom stereocenters. The van der Waals surface area contributed by atoms with Crippen molar-refractivity contribution in [3.63, 3.8) is 0 Å². The van der Waals surface area contributed by atoms with E-state index in [0.717, 1.165) is 19.0 Å². The van der Waals surface area contributed by atoms with Crippen LogP contribution in [0.15, 0.2) is 24.3 Å². The lowest BCUT2D eigenvalue weighted by Crippen LogP contribution is -2.35. The molecule has 1 aliphatic heterocycles. The normalized spacial score (nSPS) is 20.6. The summed E-state index contributed by atoms with van der Waals surface area (Å²) in [4.78, 5) is 2.57. The molecule has 1 heterocycles. The van der Waals surface area contributed by atoms with E-state index in [-0.39, 0.29) is 0 Å². The van der Waals surface area contributed by atoms with Crippen LogP contribution in [0.2, 0.25) is 0 Å². The standard InChI is InChI=1S/C16H26N2O/c1-19-13-16-5-2-4-15(10-16)12-18-9-3-6-14(11-18)7-8-17/h2,4-5,10,14H,3,6-9,11-13,17H2,1H3. The molecule has 19 heavy (non-hydrogen) atoms. The minimum atomic E-state index is 0.698. The third-order valence-corrected chi connectivity index (χ3v) is 3.89. The molecule has 2 rings (SSSR count). The highest BCUT2D eigenvalue weighted by atomic mass is 16.5. The highest BCUT2D eigenvalue weighted by molar-refractivity contribution is 5.23. The summed E-state index contributed by atoms with van der Waals surface area (Å²) in [5, 5.41) is 0. The molecule has 3 heteroatoms. The topological polar surface area (TPSA) is 38.5 Å². The summed E-state index contributed by atoms with van der Waals surface area (Å²) in [6.45, 7) is 4.99. The zero-order chi connectivity index (χ0) is 13.5. The minimum absolute atomic E-state index is 0.698. The molecule has 0 aromatic heterocycles. The van der Waals surface area contributed by atoms with Gasteiger partial charge in [-0.05, 0) is 49.4 Å². The van der Waals surface area contributed by atoms with Crippen LogP contribution in [0.25, 0.3) is 0 Å². The van der Waals surface area contributed by atoms with Crippen LogP contribution in [0.4, 0.5) is 0 Å². The smallest absolute Gasteiger partial charge is 0.0713 e. The molecule has 3 nitrogen and oxygen atoms in total. The third-order valence-electron chi connectivity index (χ3n) is 3.89. The first-order valence-electron chi connectivity index (χ1n) is 7.31. The van der Waals surface area contributed by atoms with Crippen LogP contribution in [-0.4, -0.2) is 31.6 Å². The van der Waals surface area contributed by atoms with Gasteiger partial charge in [0.25, 0.3) is 0 Å². The molecule has 1 fully saturated rings. The summed E-state index contributed by atoms with van der Waals surface area (Å²) in [5.41, 5.74) is 8.33. The van der Waals surface area contributed by atoms with Crippen LogP contribution in [-0.2, 0) is 17.9 Å². The Kier molecular flexibility index (Phi) is 5.83. The predicted octanol–water partition coefficient (Wildman–Crippen LogP) is 2.39. The monoisotopic (exact) mass is 262 g/mol. The van der Waals surface area contributed by atoms with Gasteiger partial charge in [-0.25, -0.2) is 0 Å². The molecule has 106 valence electrons. The number of nitrogens with zero attached hydrogens (tertiary/aromatic N) is 1. The van der Waals surface area contributed by atoms with Gasteiger partial charge in [0, 0.05) is 20.2 Å². The molecule has 1 aromatic rings. The number of rotatable bonds is 6. The average Bonchev–Trinajstić information content (AvgIpc) is 2.40. The van der Waals surface area contributed by atoms with Gasteiger partial charge in [0.1, 0.15) is 0 Å². The molecule has 1 saturated heterocycles. The fraction of sp³-hybridized carbons (Fsp3) is 0.625. The first-order chi connectivity index (χ1) is 9.31. The Labute approximate surface area is 116 Å². The lowest BCUT2D eigenvalue weighted by molar-refractivity contribution is 0.162. The molecule has 0 spiro atoms. The molecule has 1 aliphatic rings. The van der Waals surface area contributed by atoms with Crippen molar-refractivity contribution in [2.45, 2.75) is 32.4 Å². The maximum Gasteiger partial charge on any atom is 0.0713 e. The van der Waals surface area contributed by atoms with Gasteiger partial charge in [-0.1, -0.05) is 24.3 Å². The van der Waals surface area contributed by atoms with E-state index in [2.05, 4.69) is 29.2 Å². The van der Waals surface area contributed by atoms with E-state index >= 15 is 0 Å². The predicted molar refractivity (Wildman–Crippen MR) is 78.8 cm³/mol. The fourth-order valence-corrected chi connectivity index (χ4v) is 3.01. The Balaban J connectivity index is 1.90. The quantitative estimate of drug-likeness (QED) is 0.855. The first-order valence-corrected chi connectivity index (χ1v) is 7.31. The van der Waals surface area contributed by atoms with Crippen molar-refractivity contribution in [3.8, 4) is 0 Å². The molecular formula is C16H26N2O. The number of benzene rings is 1. The van der Waals surface area contributed by atoms with Crippen molar-refractivity contribution in [2.24, 2.45) is 11.7 Å². The number of methoxy groups -OCH3 is 1. The SMILES string of the molecule is COCc1cccc(CN2CCCC(CCN)C2)c1. The third kappa shape index (κ3) is 4.60. The van der Waals surface area contributed by atoms with Gasteiger partial charge in [0.15, 0.2) is 0 Å². The van der Waals surface area contributed by atoms with Crippen molar-refractivity contribution < 1.29 is 4.74 Å². The summed E-state index contributed by atoms with van der Waals surface area (Å²) < 4.78 is 5.19. The number of hydrogen-bond acceptors (Lipinski definition) is 3. The molecule has 0 aliphatic carbocycles. The summed E-state index contributed by atoms with van der Waals surface area (Å²) in [5.74, 6) is 0.793. The van der Waals surface area contributed by atoms with Gasteiger partial charge in [0.05, 0.1) is 6.61 Å². The summed E-state index contributed by atoms with van der Waals surface area (Å²) >= 11 is 0. The second-order valence-electron chi connectivity index (χ2n) is 5.57. The maximum absolute atomic E-state index is 5.68. The summed E-state index contributed by atoms with van der Waals surface area (Å²) in [6.07, 6.45) is 3.82. The van der Waals surface area contributed by atoms with E-state index in [9.17, 15) is 0 Å². The van der Waals surface area contributed by atoms with Crippen molar-refractivity contribution in [3.05, 3.63) is 35.4 Å². The molecule has 1 unspecified atom stereocenters. The molecule has 2 N–H and O–H groups in total. The number of ether oxygens (including phenoxy) is 1. The Morgan fingerprint density at radius 3 is 3.00 bits per heavy atom. The molecule has 0 bridgehead atoms.